The first-order valence-electron chi connectivity index (χ1n) is 16.2. The fourth-order valence-corrected chi connectivity index (χ4v) is 7.13. The number of methoxy groups -OCH3 is 2. The van der Waals surface area contributed by atoms with E-state index in [1.807, 2.05) is 0 Å². The molecule has 0 spiro atoms. The Kier molecular flexibility index (Phi) is 10.9. The third kappa shape index (κ3) is 8.01. The summed E-state index contributed by atoms with van der Waals surface area (Å²) in [4.78, 5) is 31.3. The maximum absolute atomic E-state index is 13.8. The number of pyridine rings is 1. The van der Waals surface area contributed by atoms with Crippen molar-refractivity contribution in [3.8, 4) is 17.2 Å². The molecular weight excluding hydrogens is 685 g/mol. The highest BCUT2D eigenvalue weighted by atomic mass is 35.5. The Balaban J connectivity index is 1.26. The number of phenolic OH excluding ortho intramolecular Hbond substituents is 1. The number of aromatic nitrogens is 1. The molecule has 0 aliphatic carbocycles. The standard InChI is InChI=1S/C37H37Cl2N3O8/c1-47-32-10-9-25(16-34(32)48-2)33(18-29-30(38)20-41(46)21-31(29)39)49-36(44)26-6-3-5-23(15-26)19-42(27-7-4-8-28(43)17-27)37(45)50-35-22-40-13-11-24(35)12-14-40/h3-10,15-17,20-21,24,33,35,43H,11-14,18-19,22H2,1-2H3/t33?,35-/m0/s1. The van der Waals surface area contributed by atoms with Crippen molar-refractivity contribution in [2.75, 3.05) is 38.8 Å². The predicted octanol–water partition coefficient (Wildman–Crippen LogP) is 6.73. The summed E-state index contributed by atoms with van der Waals surface area (Å²) in [6.07, 6.45) is 2.73. The predicted molar refractivity (Wildman–Crippen MR) is 187 cm³/mol. The van der Waals surface area contributed by atoms with Gasteiger partial charge in [-0.2, -0.15) is 4.73 Å². The molecule has 11 nitrogen and oxygen atoms in total. The zero-order valence-corrected chi connectivity index (χ0v) is 29.1. The first kappa shape index (κ1) is 35.1. The molecule has 50 heavy (non-hydrogen) atoms. The van der Waals surface area contributed by atoms with Crippen LogP contribution < -0.4 is 19.1 Å². The van der Waals surface area contributed by atoms with Crippen LogP contribution in [0.1, 0.15) is 46.0 Å². The van der Waals surface area contributed by atoms with Crippen molar-refractivity contribution < 1.29 is 38.4 Å². The van der Waals surface area contributed by atoms with Gasteiger partial charge in [-0.05, 0) is 79.4 Å². The molecule has 4 aromatic rings. The number of fused-ring (bicyclic) bond motifs is 3. The summed E-state index contributed by atoms with van der Waals surface area (Å²) in [7, 11) is 3.02. The van der Waals surface area contributed by atoms with Gasteiger partial charge in [0.2, 0.25) is 0 Å². The van der Waals surface area contributed by atoms with Gasteiger partial charge in [0.05, 0.1) is 32.0 Å². The number of aromatic hydroxyl groups is 1. The third-order valence-corrected chi connectivity index (χ3v) is 9.84. The van der Waals surface area contributed by atoms with E-state index in [-0.39, 0.29) is 40.4 Å². The molecule has 3 fully saturated rings. The highest BCUT2D eigenvalue weighted by Gasteiger charge is 2.37. The molecule has 3 aliphatic heterocycles. The second-order valence-electron chi connectivity index (χ2n) is 12.4. The first-order chi connectivity index (χ1) is 24.1. The molecule has 7 rings (SSSR count). The van der Waals surface area contributed by atoms with E-state index in [2.05, 4.69) is 4.90 Å². The lowest BCUT2D eigenvalue weighted by Gasteiger charge is -2.44. The van der Waals surface area contributed by atoms with E-state index in [0.29, 0.717) is 51.1 Å². The number of phenols is 1. The fourth-order valence-electron chi connectivity index (χ4n) is 6.53. The Morgan fingerprint density at radius 3 is 2.36 bits per heavy atom. The van der Waals surface area contributed by atoms with Crippen molar-refractivity contribution >= 4 is 41.0 Å². The molecule has 2 atom stereocenters. The van der Waals surface area contributed by atoms with Crippen molar-refractivity contribution in [3.63, 3.8) is 0 Å². The number of halogens is 2. The van der Waals surface area contributed by atoms with Crippen LogP contribution in [-0.2, 0) is 22.4 Å². The highest BCUT2D eigenvalue weighted by Crippen LogP contribution is 2.36. The van der Waals surface area contributed by atoms with Crippen LogP contribution in [0.15, 0.2) is 79.1 Å². The Bertz CT molecular complexity index is 1840. The van der Waals surface area contributed by atoms with Gasteiger partial charge >= 0.3 is 12.1 Å². The summed E-state index contributed by atoms with van der Waals surface area (Å²) >= 11 is 12.8. The Hall–Kier alpha value is -4.71. The lowest BCUT2D eigenvalue weighted by molar-refractivity contribution is -0.605. The molecule has 0 saturated carbocycles. The molecule has 1 N–H and O–H groups in total. The maximum atomic E-state index is 13.8. The summed E-state index contributed by atoms with van der Waals surface area (Å²) in [5, 5.41) is 22.4. The number of ether oxygens (including phenoxy) is 4. The van der Waals surface area contributed by atoms with Gasteiger partial charge < -0.3 is 29.3 Å². The minimum atomic E-state index is -0.899. The second kappa shape index (κ2) is 15.5. The number of benzene rings is 3. The average Bonchev–Trinajstić information content (AvgIpc) is 3.11. The van der Waals surface area contributed by atoms with Crippen LogP contribution in [-0.4, -0.2) is 62.0 Å². The summed E-state index contributed by atoms with van der Waals surface area (Å²) < 4.78 is 23.5. The summed E-state index contributed by atoms with van der Waals surface area (Å²) in [6, 6.07) is 18.3. The quantitative estimate of drug-likeness (QED) is 0.102. The van der Waals surface area contributed by atoms with E-state index in [1.165, 1.54) is 43.6 Å². The lowest BCUT2D eigenvalue weighted by Crippen LogP contribution is -2.53. The summed E-state index contributed by atoms with van der Waals surface area (Å²) in [5.41, 5.74) is 2.31. The van der Waals surface area contributed by atoms with Gasteiger partial charge in [0, 0.05) is 24.6 Å². The molecule has 1 aromatic heterocycles. The topological polar surface area (TPSA) is 125 Å². The molecule has 2 bridgehead atoms. The molecule has 262 valence electrons. The van der Waals surface area contributed by atoms with Gasteiger partial charge in [-0.15, -0.1) is 0 Å². The van der Waals surface area contributed by atoms with Crippen LogP contribution in [0.3, 0.4) is 0 Å². The fraction of sp³-hybridized carbons (Fsp3) is 0.324. The van der Waals surface area contributed by atoms with Crippen LogP contribution in [0, 0.1) is 11.1 Å². The van der Waals surface area contributed by atoms with E-state index in [9.17, 15) is 19.9 Å². The van der Waals surface area contributed by atoms with Crippen molar-refractivity contribution in [3.05, 3.63) is 117 Å². The maximum Gasteiger partial charge on any atom is 0.414 e. The Morgan fingerprint density at radius 2 is 1.70 bits per heavy atom. The number of piperidine rings is 3. The minimum absolute atomic E-state index is 0.00496. The van der Waals surface area contributed by atoms with Gasteiger partial charge in [0.1, 0.15) is 28.0 Å². The molecule has 4 heterocycles. The van der Waals surface area contributed by atoms with Crippen molar-refractivity contribution in [1.82, 2.24) is 4.90 Å². The van der Waals surface area contributed by atoms with Crippen molar-refractivity contribution in [2.45, 2.75) is 38.0 Å². The number of rotatable bonds is 11. The highest BCUT2D eigenvalue weighted by molar-refractivity contribution is 6.35. The Morgan fingerprint density at radius 1 is 0.980 bits per heavy atom. The number of anilines is 1. The molecule has 13 heteroatoms. The van der Waals surface area contributed by atoms with Gasteiger partial charge in [-0.25, -0.2) is 9.59 Å². The summed E-state index contributed by atoms with van der Waals surface area (Å²) in [5.74, 6) is 0.583. The number of carbonyl (C=O) groups excluding carboxylic acids is 2. The zero-order chi connectivity index (χ0) is 35.4. The van der Waals surface area contributed by atoms with Crippen LogP contribution in [0.25, 0.3) is 0 Å². The van der Waals surface area contributed by atoms with Crippen LogP contribution in [0.2, 0.25) is 10.0 Å². The van der Waals surface area contributed by atoms with Gasteiger partial charge in [0.15, 0.2) is 23.9 Å². The average molecular weight is 723 g/mol. The van der Waals surface area contributed by atoms with E-state index in [1.54, 1.807) is 54.6 Å². The molecular formula is C37H37Cl2N3O8. The van der Waals surface area contributed by atoms with E-state index >= 15 is 0 Å². The molecule has 3 saturated heterocycles. The minimum Gasteiger partial charge on any atom is -0.619 e. The molecule has 1 unspecified atom stereocenters. The summed E-state index contributed by atoms with van der Waals surface area (Å²) in [6.45, 7) is 2.78. The number of hydrogen-bond acceptors (Lipinski definition) is 9. The van der Waals surface area contributed by atoms with Crippen molar-refractivity contribution in [1.29, 1.82) is 0 Å². The largest absolute Gasteiger partial charge is 0.619 e. The second-order valence-corrected chi connectivity index (χ2v) is 13.2. The Labute approximate surface area is 300 Å². The van der Waals surface area contributed by atoms with Crippen molar-refractivity contribution in [2.24, 2.45) is 5.92 Å². The monoisotopic (exact) mass is 721 g/mol. The molecule has 3 aromatic carbocycles. The number of hydrogen-bond donors (Lipinski definition) is 1. The SMILES string of the molecule is COc1ccc(C(Cc2c(Cl)c[n+]([O-])cc2Cl)OC(=O)c2cccc(CN(C(=O)O[C@H]3CN4CCC3CC4)c3cccc(O)c3)c2)cc1OC. The van der Waals surface area contributed by atoms with Crippen LogP contribution >= 0.6 is 23.2 Å². The third-order valence-electron chi connectivity index (χ3n) is 9.19. The van der Waals surface area contributed by atoms with Crippen LogP contribution in [0.5, 0.6) is 17.2 Å². The number of carbonyl (C=O) groups is 2. The van der Waals surface area contributed by atoms with Crippen LogP contribution in [0.4, 0.5) is 10.5 Å². The van der Waals surface area contributed by atoms with Gasteiger partial charge in [0.25, 0.3) is 0 Å². The van der Waals surface area contributed by atoms with E-state index in [4.69, 9.17) is 42.1 Å². The number of esters is 1. The normalized spacial score (nSPS) is 18.6. The first-order valence-corrected chi connectivity index (χ1v) is 17.0. The van der Waals surface area contributed by atoms with E-state index in [0.717, 1.165) is 25.9 Å². The molecule has 0 radical (unpaired) electrons. The van der Waals surface area contributed by atoms with Gasteiger partial charge in [-0.1, -0.05) is 47.5 Å². The molecule has 3 aliphatic rings. The van der Waals surface area contributed by atoms with E-state index < -0.39 is 18.2 Å². The number of amides is 1. The smallest absolute Gasteiger partial charge is 0.414 e. The zero-order valence-electron chi connectivity index (χ0n) is 27.6. The molecule has 1 amide bonds. The lowest BCUT2D eigenvalue weighted by atomic mass is 9.86. The number of nitrogens with zero attached hydrogens (tertiary/aromatic N) is 3. The van der Waals surface area contributed by atoms with Gasteiger partial charge in [-0.3, -0.25) is 9.80 Å².